The normalized spacial score (nSPS) is 32.1. The topological polar surface area (TPSA) is 35.5 Å². The average molecular weight is 238 g/mol. The van der Waals surface area contributed by atoms with Gasteiger partial charge in [-0.3, -0.25) is 4.79 Å². The second kappa shape index (κ2) is 5.21. The summed E-state index contributed by atoms with van der Waals surface area (Å²) in [5.41, 5.74) is 0. The molecule has 0 aromatic carbocycles. The van der Waals surface area contributed by atoms with Gasteiger partial charge in [0, 0.05) is 0 Å². The molecule has 0 radical (unpaired) electrons. The maximum Gasteiger partial charge on any atom is 0.311 e. The molecule has 3 unspecified atom stereocenters. The monoisotopic (exact) mass is 238 g/mol. The van der Waals surface area contributed by atoms with Crippen LogP contribution >= 0.6 is 0 Å². The first-order valence-electron chi connectivity index (χ1n) is 6.56. The van der Waals surface area contributed by atoms with Crippen LogP contribution in [0.3, 0.4) is 0 Å². The van der Waals surface area contributed by atoms with Crippen molar-refractivity contribution < 1.29 is 14.3 Å². The zero-order valence-electron chi connectivity index (χ0n) is 10.9. The molecule has 2 rings (SSSR count). The summed E-state index contributed by atoms with van der Waals surface area (Å²) in [6, 6.07) is 0. The molecule has 1 fully saturated rings. The average Bonchev–Trinajstić information content (AvgIpc) is 2.87. The molecule has 3 heteroatoms. The van der Waals surface area contributed by atoms with E-state index in [1.54, 1.807) is 6.92 Å². The van der Waals surface area contributed by atoms with Gasteiger partial charge in [0.05, 0.1) is 12.5 Å². The lowest BCUT2D eigenvalue weighted by Crippen LogP contribution is -2.27. The van der Waals surface area contributed by atoms with Gasteiger partial charge in [0.15, 0.2) is 6.29 Å². The second-order valence-corrected chi connectivity index (χ2v) is 5.62. The van der Waals surface area contributed by atoms with Crippen LogP contribution in [0.2, 0.25) is 0 Å². The molecule has 2 aliphatic rings. The van der Waals surface area contributed by atoms with E-state index in [1.165, 1.54) is 0 Å². The van der Waals surface area contributed by atoms with E-state index < -0.39 is 6.29 Å². The van der Waals surface area contributed by atoms with Crippen LogP contribution in [-0.4, -0.2) is 18.9 Å². The molecule has 96 valence electrons. The predicted molar refractivity (Wildman–Crippen MR) is 65.2 cm³/mol. The second-order valence-electron chi connectivity index (χ2n) is 5.62. The summed E-state index contributed by atoms with van der Waals surface area (Å²) in [6.45, 7) is 6.58. The first kappa shape index (κ1) is 12.6. The van der Waals surface area contributed by atoms with Crippen LogP contribution in [0.25, 0.3) is 0 Å². The highest BCUT2D eigenvalue weighted by molar-refractivity contribution is 5.74. The number of allylic oxidation sites excluding steroid dienone is 2. The van der Waals surface area contributed by atoms with Gasteiger partial charge in [0.2, 0.25) is 0 Å². The van der Waals surface area contributed by atoms with Crippen molar-refractivity contribution in [3.8, 4) is 0 Å². The van der Waals surface area contributed by atoms with E-state index in [-0.39, 0.29) is 11.9 Å². The van der Waals surface area contributed by atoms with E-state index in [2.05, 4.69) is 26.0 Å². The highest BCUT2D eigenvalue weighted by Gasteiger charge is 2.41. The summed E-state index contributed by atoms with van der Waals surface area (Å²) < 4.78 is 10.8. The number of hydrogen-bond donors (Lipinski definition) is 0. The molecule has 4 atom stereocenters. The maximum absolute atomic E-state index is 12.0. The van der Waals surface area contributed by atoms with E-state index in [0.29, 0.717) is 24.4 Å². The Morgan fingerprint density at radius 2 is 2.06 bits per heavy atom. The van der Waals surface area contributed by atoms with Gasteiger partial charge in [-0.25, -0.2) is 0 Å². The van der Waals surface area contributed by atoms with Crippen molar-refractivity contribution in [2.24, 2.45) is 23.7 Å². The fourth-order valence-corrected chi connectivity index (χ4v) is 2.66. The molecular weight excluding hydrogens is 216 g/mol. The molecule has 17 heavy (non-hydrogen) atoms. The number of carbonyl (C=O) groups is 1. The van der Waals surface area contributed by atoms with Gasteiger partial charge in [-0.1, -0.05) is 26.0 Å². The molecule has 1 saturated carbocycles. The molecule has 0 heterocycles. The van der Waals surface area contributed by atoms with Crippen LogP contribution in [-0.2, 0) is 14.3 Å². The van der Waals surface area contributed by atoms with Crippen LogP contribution in [0.4, 0.5) is 0 Å². The van der Waals surface area contributed by atoms with E-state index in [1.807, 2.05) is 0 Å². The molecule has 0 saturated heterocycles. The number of hydrogen-bond acceptors (Lipinski definition) is 3. The largest absolute Gasteiger partial charge is 0.436 e. The van der Waals surface area contributed by atoms with Crippen molar-refractivity contribution in [1.29, 1.82) is 0 Å². The predicted octanol–water partition coefficient (Wildman–Crippen LogP) is 2.76. The summed E-state index contributed by atoms with van der Waals surface area (Å²) in [4.78, 5) is 12.0. The number of ether oxygens (including phenoxy) is 2. The maximum atomic E-state index is 12.0. The minimum absolute atomic E-state index is 0.0649. The SMILES string of the molecule is CC(C)COC(C)OC(=O)C1C[C@H]2C=CC1C2. The van der Waals surface area contributed by atoms with Gasteiger partial charge in [0.1, 0.15) is 0 Å². The summed E-state index contributed by atoms with van der Waals surface area (Å²) in [5, 5.41) is 0. The van der Waals surface area contributed by atoms with Crippen LogP contribution in [0.5, 0.6) is 0 Å². The van der Waals surface area contributed by atoms with Crippen molar-refractivity contribution in [2.75, 3.05) is 6.61 Å². The highest BCUT2D eigenvalue weighted by atomic mass is 16.7. The molecular formula is C14H22O3. The van der Waals surface area contributed by atoms with Gasteiger partial charge in [-0.15, -0.1) is 0 Å². The number of fused-ring (bicyclic) bond motifs is 2. The lowest BCUT2D eigenvalue weighted by Gasteiger charge is -2.21. The quantitative estimate of drug-likeness (QED) is 0.420. The standard InChI is InChI=1S/C14H22O3/c1-9(2)8-16-10(3)17-14(15)13-7-11-4-5-12(13)6-11/h4-5,9-13H,6-8H2,1-3H3/t10?,11-,12?,13?/m0/s1. The van der Waals surface area contributed by atoms with E-state index in [9.17, 15) is 4.79 Å². The zero-order valence-corrected chi connectivity index (χ0v) is 10.9. The smallest absolute Gasteiger partial charge is 0.311 e. The van der Waals surface area contributed by atoms with Crippen molar-refractivity contribution in [2.45, 2.75) is 39.9 Å². The highest BCUT2D eigenvalue weighted by Crippen LogP contribution is 2.43. The Bertz CT molecular complexity index is 309. The molecule has 0 N–H and O–H groups in total. The third-order valence-electron chi connectivity index (χ3n) is 3.53. The number of rotatable bonds is 5. The van der Waals surface area contributed by atoms with Gasteiger partial charge in [-0.05, 0) is 37.5 Å². The fourth-order valence-electron chi connectivity index (χ4n) is 2.66. The first-order valence-corrected chi connectivity index (χ1v) is 6.56. The van der Waals surface area contributed by atoms with Crippen molar-refractivity contribution in [1.82, 2.24) is 0 Å². The van der Waals surface area contributed by atoms with Gasteiger partial charge in [0.25, 0.3) is 0 Å². The molecule has 0 aliphatic heterocycles. The van der Waals surface area contributed by atoms with Gasteiger partial charge in [-0.2, -0.15) is 0 Å². The molecule has 0 spiro atoms. The zero-order chi connectivity index (χ0) is 12.4. The molecule has 0 aromatic rings. The van der Waals surface area contributed by atoms with Gasteiger partial charge < -0.3 is 9.47 Å². The number of esters is 1. The molecule has 0 amide bonds. The van der Waals surface area contributed by atoms with Crippen LogP contribution < -0.4 is 0 Å². The number of carbonyl (C=O) groups excluding carboxylic acids is 1. The minimum Gasteiger partial charge on any atom is -0.436 e. The molecule has 3 nitrogen and oxygen atoms in total. The van der Waals surface area contributed by atoms with E-state index >= 15 is 0 Å². The Balaban J connectivity index is 1.75. The van der Waals surface area contributed by atoms with Crippen LogP contribution in [0.1, 0.15) is 33.6 Å². The molecule has 2 aliphatic carbocycles. The lowest BCUT2D eigenvalue weighted by atomic mass is 9.94. The minimum atomic E-state index is -0.423. The fraction of sp³-hybridized carbons (Fsp3) is 0.786. The van der Waals surface area contributed by atoms with E-state index in [4.69, 9.17) is 9.47 Å². The first-order chi connectivity index (χ1) is 8.06. The van der Waals surface area contributed by atoms with Crippen LogP contribution in [0, 0.1) is 23.7 Å². The van der Waals surface area contributed by atoms with Crippen LogP contribution in [0.15, 0.2) is 12.2 Å². The Labute approximate surface area is 103 Å². The van der Waals surface area contributed by atoms with Crippen molar-refractivity contribution in [3.05, 3.63) is 12.2 Å². The Kier molecular flexibility index (Phi) is 3.87. The Morgan fingerprint density at radius 1 is 1.29 bits per heavy atom. The summed E-state index contributed by atoms with van der Waals surface area (Å²) >= 11 is 0. The Morgan fingerprint density at radius 3 is 2.59 bits per heavy atom. The summed E-state index contributed by atoms with van der Waals surface area (Å²) in [6.07, 6.45) is 6.05. The Hall–Kier alpha value is -0.830. The van der Waals surface area contributed by atoms with E-state index in [0.717, 1.165) is 12.8 Å². The summed E-state index contributed by atoms with van der Waals surface area (Å²) in [5.74, 6) is 1.45. The molecule has 0 aromatic heterocycles. The lowest BCUT2D eigenvalue weighted by molar-refractivity contribution is -0.182. The van der Waals surface area contributed by atoms with Gasteiger partial charge >= 0.3 is 5.97 Å². The van der Waals surface area contributed by atoms with Crippen molar-refractivity contribution >= 4 is 5.97 Å². The molecule has 2 bridgehead atoms. The third-order valence-corrected chi connectivity index (χ3v) is 3.53. The van der Waals surface area contributed by atoms with Crippen molar-refractivity contribution in [3.63, 3.8) is 0 Å². The summed E-state index contributed by atoms with van der Waals surface area (Å²) in [7, 11) is 0. The third kappa shape index (κ3) is 3.09.